The van der Waals surface area contributed by atoms with Gasteiger partial charge in [0.1, 0.15) is 17.9 Å². The second-order valence-corrected chi connectivity index (χ2v) is 4.43. The van der Waals surface area contributed by atoms with Gasteiger partial charge in [0, 0.05) is 6.07 Å². The molecule has 2 rings (SSSR count). The molecule has 0 aliphatic rings. The molecule has 2 aromatic rings. The molecule has 0 aliphatic heterocycles. The van der Waals surface area contributed by atoms with Crippen LogP contribution in [0.25, 0.3) is 0 Å². The Bertz CT molecular complexity index is 696. The normalized spacial score (nSPS) is 10.1. The molecule has 6 heteroatoms. The van der Waals surface area contributed by atoms with Crippen LogP contribution < -0.4 is 4.74 Å². The van der Waals surface area contributed by atoms with Gasteiger partial charge in [-0.05, 0) is 24.6 Å². The third kappa shape index (κ3) is 3.17. The zero-order chi connectivity index (χ0) is 15.4. The van der Waals surface area contributed by atoms with E-state index in [0.29, 0.717) is 11.1 Å². The van der Waals surface area contributed by atoms with Gasteiger partial charge < -0.3 is 9.84 Å². The van der Waals surface area contributed by atoms with Crippen LogP contribution in [0.1, 0.15) is 21.5 Å². The molecule has 108 valence electrons. The van der Waals surface area contributed by atoms with Gasteiger partial charge in [0.05, 0.1) is 10.5 Å². The molecule has 1 N–H and O–H groups in total. The van der Waals surface area contributed by atoms with E-state index in [1.54, 1.807) is 37.3 Å². The number of hydrogen-bond donors (Lipinski definition) is 1. The molecule has 0 spiro atoms. The van der Waals surface area contributed by atoms with Crippen molar-refractivity contribution >= 4 is 11.7 Å². The molecule has 0 bridgehead atoms. The lowest BCUT2D eigenvalue weighted by Crippen LogP contribution is -2.06. The summed E-state index contributed by atoms with van der Waals surface area (Å²) < 4.78 is 5.52. The average molecular weight is 287 g/mol. The predicted octanol–water partition coefficient (Wildman–Crippen LogP) is 3.18. The van der Waals surface area contributed by atoms with E-state index in [-0.39, 0.29) is 23.6 Å². The second-order valence-electron chi connectivity index (χ2n) is 4.43. The lowest BCUT2D eigenvalue weighted by molar-refractivity contribution is -0.385. The van der Waals surface area contributed by atoms with Crippen molar-refractivity contribution in [2.75, 3.05) is 0 Å². The van der Waals surface area contributed by atoms with Crippen LogP contribution in [0.5, 0.6) is 5.75 Å². The smallest absolute Gasteiger partial charge is 0.339 e. The standard InChI is InChI=1S/C15H13NO5/c1-10-5-4-7-12(15(17)18)14(10)21-9-11-6-2-3-8-13(11)16(19)20/h2-8H,9H2,1H3,(H,17,18). The highest BCUT2D eigenvalue weighted by molar-refractivity contribution is 5.91. The minimum Gasteiger partial charge on any atom is -0.487 e. The highest BCUT2D eigenvalue weighted by atomic mass is 16.6. The number of aromatic carboxylic acids is 1. The van der Waals surface area contributed by atoms with Crippen LogP contribution in [-0.4, -0.2) is 16.0 Å². The summed E-state index contributed by atoms with van der Waals surface area (Å²) in [5.41, 5.74) is 1.03. The maximum absolute atomic E-state index is 11.2. The molecule has 0 radical (unpaired) electrons. The number of hydrogen-bond acceptors (Lipinski definition) is 4. The highest BCUT2D eigenvalue weighted by Crippen LogP contribution is 2.26. The Kier molecular flexibility index (Phi) is 4.18. The average Bonchev–Trinajstić information content (AvgIpc) is 2.45. The van der Waals surface area contributed by atoms with Crippen LogP contribution in [0.2, 0.25) is 0 Å². The highest BCUT2D eigenvalue weighted by Gasteiger charge is 2.16. The van der Waals surface area contributed by atoms with Gasteiger partial charge in [-0.25, -0.2) is 4.79 Å². The number of carboxylic acid groups (broad SMARTS) is 1. The third-order valence-corrected chi connectivity index (χ3v) is 3.00. The molecule has 0 fully saturated rings. The molecule has 0 unspecified atom stereocenters. The summed E-state index contributed by atoms with van der Waals surface area (Å²) in [5.74, 6) is -0.876. The topological polar surface area (TPSA) is 89.7 Å². The number of benzene rings is 2. The molecule has 0 atom stereocenters. The van der Waals surface area contributed by atoms with Crippen molar-refractivity contribution in [2.45, 2.75) is 13.5 Å². The molecule has 2 aromatic carbocycles. The van der Waals surface area contributed by atoms with Crippen molar-refractivity contribution in [2.24, 2.45) is 0 Å². The van der Waals surface area contributed by atoms with E-state index < -0.39 is 10.9 Å². The molecule has 21 heavy (non-hydrogen) atoms. The maximum atomic E-state index is 11.2. The Balaban J connectivity index is 2.29. The molecule has 0 heterocycles. The zero-order valence-electron chi connectivity index (χ0n) is 11.3. The first-order valence-electron chi connectivity index (χ1n) is 6.18. The number of rotatable bonds is 5. The molecular formula is C15H13NO5. The van der Waals surface area contributed by atoms with Crippen LogP contribution in [-0.2, 0) is 6.61 Å². The minimum atomic E-state index is -1.10. The van der Waals surface area contributed by atoms with Crippen LogP contribution in [0.3, 0.4) is 0 Å². The number of carbonyl (C=O) groups is 1. The lowest BCUT2D eigenvalue weighted by Gasteiger charge is -2.12. The van der Waals surface area contributed by atoms with E-state index in [0.717, 1.165) is 0 Å². The number of ether oxygens (including phenoxy) is 1. The summed E-state index contributed by atoms with van der Waals surface area (Å²) in [4.78, 5) is 21.6. The molecule has 0 saturated heterocycles. The molecule has 0 amide bonds. The number of aryl methyl sites for hydroxylation is 1. The first-order valence-corrected chi connectivity index (χ1v) is 6.18. The van der Waals surface area contributed by atoms with Gasteiger partial charge in [0.25, 0.3) is 5.69 Å². The predicted molar refractivity (Wildman–Crippen MR) is 75.6 cm³/mol. The summed E-state index contributed by atoms with van der Waals surface area (Å²) in [6, 6.07) is 11.0. The largest absolute Gasteiger partial charge is 0.487 e. The summed E-state index contributed by atoms with van der Waals surface area (Å²) >= 11 is 0. The minimum absolute atomic E-state index is 0.0357. The number of carboxylic acids is 1. The third-order valence-electron chi connectivity index (χ3n) is 3.00. The van der Waals surface area contributed by atoms with Crippen molar-refractivity contribution in [3.05, 3.63) is 69.3 Å². The van der Waals surface area contributed by atoms with Gasteiger partial charge >= 0.3 is 5.97 Å². The van der Waals surface area contributed by atoms with E-state index in [1.807, 2.05) is 0 Å². The molecule has 0 saturated carbocycles. The molecule has 0 aliphatic carbocycles. The first kappa shape index (κ1) is 14.5. The Hall–Kier alpha value is -2.89. The van der Waals surface area contributed by atoms with Crippen LogP contribution in [0.15, 0.2) is 42.5 Å². The Morgan fingerprint density at radius 3 is 2.62 bits per heavy atom. The van der Waals surface area contributed by atoms with Crippen LogP contribution >= 0.6 is 0 Å². The number of para-hydroxylation sites is 2. The van der Waals surface area contributed by atoms with E-state index in [1.165, 1.54) is 12.1 Å². The van der Waals surface area contributed by atoms with E-state index in [2.05, 4.69) is 0 Å². The Morgan fingerprint density at radius 1 is 1.24 bits per heavy atom. The fourth-order valence-electron chi connectivity index (χ4n) is 1.97. The van der Waals surface area contributed by atoms with E-state index >= 15 is 0 Å². The van der Waals surface area contributed by atoms with Crippen molar-refractivity contribution in [1.29, 1.82) is 0 Å². The van der Waals surface area contributed by atoms with Crippen molar-refractivity contribution < 1.29 is 19.6 Å². The summed E-state index contributed by atoms with van der Waals surface area (Å²) in [5, 5.41) is 20.1. The fraction of sp³-hybridized carbons (Fsp3) is 0.133. The second kappa shape index (κ2) is 6.04. The number of nitro groups is 1. The Labute approximate surface area is 120 Å². The first-order chi connectivity index (χ1) is 10.0. The van der Waals surface area contributed by atoms with Crippen LogP contribution in [0, 0.1) is 17.0 Å². The lowest BCUT2D eigenvalue weighted by atomic mass is 10.1. The molecule has 0 aromatic heterocycles. The van der Waals surface area contributed by atoms with Crippen molar-refractivity contribution in [1.82, 2.24) is 0 Å². The summed E-state index contributed by atoms with van der Waals surface area (Å²) in [6.45, 7) is 1.66. The van der Waals surface area contributed by atoms with Crippen molar-refractivity contribution in [3.63, 3.8) is 0 Å². The summed E-state index contributed by atoms with van der Waals surface area (Å²) in [7, 11) is 0. The zero-order valence-corrected chi connectivity index (χ0v) is 11.3. The SMILES string of the molecule is Cc1cccc(C(=O)O)c1OCc1ccccc1[N+](=O)[O-]. The monoisotopic (exact) mass is 287 g/mol. The van der Waals surface area contributed by atoms with Gasteiger partial charge in [0.15, 0.2) is 0 Å². The van der Waals surface area contributed by atoms with E-state index in [4.69, 9.17) is 9.84 Å². The Morgan fingerprint density at radius 2 is 1.95 bits per heavy atom. The number of nitro benzene ring substituents is 1. The van der Waals surface area contributed by atoms with Crippen LogP contribution in [0.4, 0.5) is 5.69 Å². The van der Waals surface area contributed by atoms with Gasteiger partial charge in [-0.15, -0.1) is 0 Å². The maximum Gasteiger partial charge on any atom is 0.339 e. The van der Waals surface area contributed by atoms with Gasteiger partial charge in [-0.2, -0.15) is 0 Å². The quantitative estimate of drug-likeness (QED) is 0.673. The van der Waals surface area contributed by atoms with Crippen molar-refractivity contribution in [3.8, 4) is 5.75 Å². The summed E-state index contributed by atoms with van der Waals surface area (Å²) in [6.07, 6.45) is 0. The fourth-order valence-corrected chi connectivity index (χ4v) is 1.97. The van der Waals surface area contributed by atoms with Gasteiger partial charge in [-0.3, -0.25) is 10.1 Å². The van der Waals surface area contributed by atoms with E-state index in [9.17, 15) is 14.9 Å². The molecule has 6 nitrogen and oxygen atoms in total. The number of nitrogens with zero attached hydrogens (tertiary/aromatic N) is 1. The van der Waals surface area contributed by atoms with Gasteiger partial charge in [-0.1, -0.05) is 24.3 Å². The molecular weight excluding hydrogens is 274 g/mol. The van der Waals surface area contributed by atoms with Gasteiger partial charge in [0.2, 0.25) is 0 Å².